The number of hydrogen-bond acceptors (Lipinski definition) is 3. The Kier molecular flexibility index (Phi) is 5.37. The van der Waals surface area contributed by atoms with E-state index in [2.05, 4.69) is 17.0 Å². The molecule has 1 fully saturated rings. The highest BCUT2D eigenvalue weighted by atomic mass is 32.2. The fraction of sp³-hybridized carbons (Fsp3) is 1.00. The summed E-state index contributed by atoms with van der Waals surface area (Å²) in [5.74, 6) is 0. The van der Waals surface area contributed by atoms with E-state index in [1.54, 1.807) is 7.05 Å². The molecule has 0 spiro atoms. The monoisotopic (exact) mass is 263 g/mol. The van der Waals surface area contributed by atoms with E-state index >= 15 is 0 Å². The molecule has 0 bridgehead atoms. The molecule has 2 N–H and O–H groups in total. The van der Waals surface area contributed by atoms with Crippen LogP contribution in [0.5, 0.6) is 0 Å². The van der Waals surface area contributed by atoms with Crippen molar-refractivity contribution in [3.8, 4) is 0 Å². The van der Waals surface area contributed by atoms with Crippen LogP contribution in [0.1, 0.15) is 33.1 Å². The van der Waals surface area contributed by atoms with Gasteiger partial charge in [-0.1, -0.05) is 13.8 Å². The summed E-state index contributed by atoms with van der Waals surface area (Å²) in [5.41, 5.74) is 0.206. The van der Waals surface area contributed by atoms with Gasteiger partial charge in [-0.05, 0) is 37.8 Å². The first kappa shape index (κ1) is 14.9. The average molecular weight is 263 g/mol. The minimum Gasteiger partial charge on any atom is -0.317 e. The van der Waals surface area contributed by atoms with Crippen LogP contribution >= 0.6 is 0 Å². The molecule has 0 unspecified atom stereocenters. The van der Waals surface area contributed by atoms with Crippen LogP contribution in [0.25, 0.3) is 0 Å². The molecule has 102 valence electrons. The topological polar surface area (TPSA) is 61.4 Å². The molecule has 0 amide bonds. The molecule has 0 atom stereocenters. The van der Waals surface area contributed by atoms with Gasteiger partial charge in [-0.25, -0.2) is 4.72 Å². The lowest BCUT2D eigenvalue weighted by Gasteiger charge is -2.19. The highest BCUT2D eigenvalue weighted by molar-refractivity contribution is 7.87. The first-order chi connectivity index (χ1) is 7.90. The van der Waals surface area contributed by atoms with E-state index in [4.69, 9.17) is 0 Å². The van der Waals surface area contributed by atoms with Crippen molar-refractivity contribution in [2.24, 2.45) is 5.41 Å². The Morgan fingerprint density at radius 2 is 2.00 bits per heavy atom. The Hall–Kier alpha value is -0.170. The Balaban J connectivity index is 2.25. The fourth-order valence-corrected chi connectivity index (χ4v) is 2.61. The Bertz CT molecular complexity index is 326. The number of hydrogen-bond donors (Lipinski definition) is 2. The summed E-state index contributed by atoms with van der Waals surface area (Å²) in [6.45, 7) is 7.05. The van der Waals surface area contributed by atoms with Crippen molar-refractivity contribution in [2.75, 3.05) is 33.2 Å². The van der Waals surface area contributed by atoms with Gasteiger partial charge >= 0.3 is 0 Å². The second kappa shape index (κ2) is 6.13. The second-order valence-corrected chi connectivity index (χ2v) is 7.03. The fourth-order valence-electron chi connectivity index (χ4n) is 1.49. The summed E-state index contributed by atoms with van der Waals surface area (Å²) in [4.78, 5) is 0. The smallest absolute Gasteiger partial charge is 0.279 e. The van der Waals surface area contributed by atoms with E-state index in [-0.39, 0.29) is 5.41 Å². The van der Waals surface area contributed by atoms with Crippen molar-refractivity contribution in [2.45, 2.75) is 33.1 Å². The van der Waals surface area contributed by atoms with Gasteiger partial charge in [0.1, 0.15) is 0 Å². The van der Waals surface area contributed by atoms with Crippen LogP contribution in [0.3, 0.4) is 0 Å². The molecule has 0 aromatic rings. The summed E-state index contributed by atoms with van der Waals surface area (Å²) >= 11 is 0. The molecule has 1 rings (SSSR count). The minimum absolute atomic E-state index is 0.206. The van der Waals surface area contributed by atoms with Gasteiger partial charge < -0.3 is 5.32 Å². The predicted octanol–water partition coefficient (Wildman–Crippen LogP) is 0.552. The molecule has 0 aliphatic heterocycles. The summed E-state index contributed by atoms with van der Waals surface area (Å²) < 4.78 is 27.8. The number of nitrogens with one attached hydrogen (secondary N) is 2. The predicted molar refractivity (Wildman–Crippen MR) is 70.1 cm³/mol. The van der Waals surface area contributed by atoms with Crippen LogP contribution in [-0.2, 0) is 10.2 Å². The standard InChI is InChI=1S/C11H25N3O2S/c1-4-12-8-5-9-14(3)17(15,16)13-10-11(2)6-7-11/h12-13H,4-10H2,1-3H3. The first-order valence-corrected chi connectivity index (χ1v) is 7.75. The van der Waals surface area contributed by atoms with Gasteiger partial charge in [0.05, 0.1) is 0 Å². The molecule has 1 aliphatic carbocycles. The van der Waals surface area contributed by atoms with Crippen molar-refractivity contribution >= 4 is 10.2 Å². The SMILES string of the molecule is CCNCCCN(C)S(=O)(=O)NCC1(C)CC1. The molecule has 0 aromatic heterocycles. The maximum atomic E-state index is 11.9. The third-order valence-electron chi connectivity index (χ3n) is 3.27. The van der Waals surface area contributed by atoms with Crippen LogP contribution in [0.4, 0.5) is 0 Å². The van der Waals surface area contributed by atoms with E-state index in [1.807, 2.05) is 6.92 Å². The summed E-state index contributed by atoms with van der Waals surface area (Å²) in [5, 5.41) is 3.18. The third kappa shape index (κ3) is 5.33. The van der Waals surface area contributed by atoms with Crippen molar-refractivity contribution < 1.29 is 8.42 Å². The Labute approximate surface area is 105 Å². The molecule has 0 saturated heterocycles. The van der Waals surface area contributed by atoms with Crippen LogP contribution < -0.4 is 10.0 Å². The van der Waals surface area contributed by atoms with Gasteiger partial charge in [-0.3, -0.25) is 0 Å². The summed E-state index contributed by atoms with van der Waals surface area (Å²) in [6.07, 6.45) is 3.09. The van der Waals surface area contributed by atoms with Crippen molar-refractivity contribution in [1.82, 2.24) is 14.3 Å². The maximum Gasteiger partial charge on any atom is 0.279 e. The van der Waals surface area contributed by atoms with Crippen molar-refractivity contribution in [1.29, 1.82) is 0 Å². The molecule has 0 aromatic carbocycles. The molecular weight excluding hydrogens is 238 g/mol. The van der Waals surface area contributed by atoms with Crippen LogP contribution in [-0.4, -0.2) is 45.9 Å². The zero-order valence-electron chi connectivity index (χ0n) is 11.1. The molecule has 0 heterocycles. The Morgan fingerprint density at radius 3 is 2.53 bits per heavy atom. The van der Waals surface area contributed by atoms with E-state index in [1.165, 1.54) is 4.31 Å². The highest BCUT2D eigenvalue weighted by Crippen LogP contribution is 2.44. The van der Waals surface area contributed by atoms with Gasteiger partial charge in [-0.15, -0.1) is 0 Å². The molecule has 17 heavy (non-hydrogen) atoms. The number of rotatable bonds is 9. The second-order valence-electron chi connectivity index (χ2n) is 5.17. The molecule has 5 nitrogen and oxygen atoms in total. The van der Waals surface area contributed by atoms with Crippen LogP contribution in [0, 0.1) is 5.41 Å². The molecule has 6 heteroatoms. The quantitative estimate of drug-likeness (QED) is 0.597. The normalized spacial score (nSPS) is 18.6. The lowest BCUT2D eigenvalue weighted by molar-refractivity contribution is 0.436. The summed E-state index contributed by atoms with van der Waals surface area (Å²) in [6, 6.07) is 0. The van der Waals surface area contributed by atoms with Gasteiger partial charge in [-0.2, -0.15) is 12.7 Å². The number of nitrogens with zero attached hydrogens (tertiary/aromatic N) is 1. The van der Waals surface area contributed by atoms with E-state index < -0.39 is 10.2 Å². The van der Waals surface area contributed by atoms with E-state index in [0.29, 0.717) is 13.1 Å². The van der Waals surface area contributed by atoms with Gasteiger partial charge in [0.2, 0.25) is 0 Å². The molecule has 0 radical (unpaired) electrons. The lowest BCUT2D eigenvalue weighted by atomic mass is 10.2. The van der Waals surface area contributed by atoms with E-state index in [9.17, 15) is 8.42 Å². The first-order valence-electron chi connectivity index (χ1n) is 6.31. The van der Waals surface area contributed by atoms with E-state index in [0.717, 1.165) is 32.4 Å². The maximum absolute atomic E-state index is 11.9. The average Bonchev–Trinajstić information content (AvgIpc) is 3.01. The largest absolute Gasteiger partial charge is 0.317 e. The van der Waals surface area contributed by atoms with Crippen molar-refractivity contribution in [3.63, 3.8) is 0 Å². The van der Waals surface area contributed by atoms with Gasteiger partial charge in [0.25, 0.3) is 10.2 Å². The third-order valence-corrected chi connectivity index (χ3v) is 4.78. The van der Waals surface area contributed by atoms with Crippen LogP contribution in [0.15, 0.2) is 0 Å². The summed E-state index contributed by atoms with van der Waals surface area (Å²) in [7, 11) is -1.66. The van der Waals surface area contributed by atoms with Crippen molar-refractivity contribution in [3.05, 3.63) is 0 Å². The molecule has 1 aliphatic rings. The molecule has 1 saturated carbocycles. The lowest BCUT2D eigenvalue weighted by Crippen LogP contribution is -2.41. The van der Waals surface area contributed by atoms with Gasteiger partial charge in [0.15, 0.2) is 0 Å². The zero-order valence-corrected chi connectivity index (χ0v) is 11.9. The Morgan fingerprint density at radius 1 is 1.35 bits per heavy atom. The highest BCUT2D eigenvalue weighted by Gasteiger charge is 2.38. The zero-order chi connectivity index (χ0) is 12.9. The van der Waals surface area contributed by atoms with Crippen LogP contribution in [0.2, 0.25) is 0 Å². The van der Waals surface area contributed by atoms with Gasteiger partial charge in [0, 0.05) is 20.1 Å². The minimum atomic E-state index is -3.29. The molecular formula is C11H25N3O2S.